The van der Waals surface area contributed by atoms with E-state index in [1.165, 1.54) is 17.3 Å². The Morgan fingerprint density at radius 2 is 1.91 bits per heavy atom. The molecule has 0 amide bonds. The van der Waals surface area contributed by atoms with E-state index in [2.05, 4.69) is 55.7 Å². The molecule has 2 heteroatoms. The van der Waals surface area contributed by atoms with Gasteiger partial charge in [0, 0.05) is 6.04 Å². The van der Waals surface area contributed by atoms with E-state index in [1.54, 1.807) is 0 Å². The summed E-state index contributed by atoms with van der Waals surface area (Å²) in [5.74, 6) is 0. The lowest BCUT2D eigenvalue weighted by atomic mass is 9.84. The molecule has 1 N–H and O–H groups in total. The molecule has 0 saturated heterocycles. The lowest BCUT2D eigenvalue weighted by molar-refractivity contribution is 0.267. The summed E-state index contributed by atoms with van der Waals surface area (Å²) in [7, 11) is 2.06. The van der Waals surface area contributed by atoms with Crippen LogP contribution in [0.15, 0.2) is 0 Å². The van der Waals surface area contributed by atoms with Crippen molar-refractivity contribution in [2.24, 2.45) is 5.41 Å². The molecule has 1 nitrogen and oxygen atoms in total. The summed E-state index contributed by atoms with van der Waals surface area (Å²) in [5.41, 5.74) is 0.403. The van der Waals surface area contributed by atoms with Crippen LogP contribution in [0.2, 0.25) is 0 Å². The summed E-state index contributed by atoms with van der Waals surface area (Å²) in [5, 5.41) is 3.37. The molecule has 0 heterocycles. The second-order valence-electron chi connectivity index (χ2n) is 4.04. The van der Waals surface area contributed by atoms with Crippen LogP contribution in [-0.4, -0.2) is 17.5 Å². The third-order valence-electron chi connectivity index (χ3n) is 2.02. The first kappa shape index (κ1) is 11.7. The van der Waals surface area contributed by atoms with Gasteiger partial charge in [0.15, 0.2) is 0 Å². The molecule has 0 fully saturated rings. The SMILES string of the molecule is CNC(CCCI)C(C)(C)C. The van der Waals surface area contributed by atoms with Crippen molar-refractivity contribution in [2.45, 2.75) is 39.7 Å². The van der Waals surface area contributed by atoms with Crippen LogP contribution in [-0.2, 0) is 0 Å². The summed E-state index contributed by atoms with van der Waals surface area (Å²) in [6.45, 7) is 6.88. The van der Waals surface area contributed by atoms with Crippen molar-refractivity contribution in [3.05, 3.63) is 0 Å². The fraction of sp³-hybridized carbons (Fsp3) is 1.00. The molecule has 1 unspecified atom stereocenters. The van der Waals surface area contributed by atoms with Crippen molar-refractivity contribution in [3.63, 3.8) is 0 Å². The Kier molecular flexibility index (Phi) is 5.69. The molecule has 0 aliphatic rings. The molecule has 0 aromatic heterocycles. The predicted octanol–water partition coefficient (Wildman–Crippen LogP) is 2.84. The zero-order valence-electron chi connectivity index (χ0n) is 8.08. The minimum absolute atomic E-state index is 0.403. The van der Waals surface area contributed by atoms with Crippen LogP contribution in [0.25, 0.3) is 0 Å². The molecule has 0 aromatic carbocycles. The first-order valence-electron chi connectivity index (χ1n) is 4.25. The van der Waals surface area contributed by atoms with E-state index < -0.39 is 0 Å². The highest BCUT2D eigenvalue weighted by Gasteiger charge is 2.21. The van der Waals surface area contributed by atoms with Crippen LogP contribution in [0.3, 0.4) is 0 Å². The van der Waals surface area contributed by atoms with Crippen LogP contribution in [0.1, 0.15) is 33.6 Å². The highest BCUT2D eigenvalue weighted by atomic mass is 127. The Morgan fingerprint density at radius 1 is 1.36 bits per heavy atom. The smallest absolute Gasteiger partial charge is 0.0113 e. The van der Waals surface area contributed by atoms with Crippen molar-refractivity contribution in [1.82, 2.24) is 5.32 Å². The third kappa shape index (κ3) is 5.01. The van der Waals surface area contributed by atoms with E-state index in [0.717, 1.165) is 0 Å². The number of hydrogen-bond acceptors (Lipinski definition) is 1. The molecular formula is C9H20IN. The summed E-state index contributed by atoms with van der Waals surface area (Å²) in [4.78, 5) is 0. The highest BCUT2D eigenvalue weighted by Crippen LogP contribution is 2.22. The second kappa shape index (κ2) is 5.36. The van der Waals surface area contributed by atoms with E-state index in [4.69, 9.17) is 0 Å². The fourth-order valence-corrected chi connectivity index (χ4v) is 1.73. The van der Waals surface area contributed by atoms with Gasteiger partial charge in [-0.3, -0.25) is 0 Å². The largest absolute Gasteiger partial charge is 0.316 e. The Morgan fingerprint density at radius 3 is 2.18 bits per heavy atom. The lowest BCUT2D eigenvalue weighted by Crippen LogP contribution is -2.37. The van der Waals surface area contributed by atoms with Crippen molar-refractivity contribution in [1.29, 1.82) is 0 Å². The third-order valence-corrected chi connectivity index (χ3v) is 2.78. The van der Waals surface area contributed by atoms with Crippen LogP contribution in [0.4, 0.5) is 0 Å². The molecule has 68 valence electrons. The molecule has 0 aromatic rings. The van der Waals surface area contributed by atoms with Gasteiger partial charge in [0.05, 0.1) is 0 Å². The summed E-state index contributed by atoms with van der Waals surface area (Å²) in [6, 6.07) is 0.664. The minimum Gasteiger partial charge on any atom is -0.316 e. The molecule has 0 saturated carbocycles. The van der Waals surface area contributed by atoms with Gasteiger partial charge in [-0.05, 0) is 29.7 Å². The first-order chi connectivity index (χ1) is 5.02. The van der Waals surface area contributed by atoms with Gasteiger partial charge in [-0.1, -0.05) is 43.4 Å². The Labute approximate surface area is 84.5 Å². The maximum atomic E-state index is 3.37. The second-order valence-corrected chi connectivity index (χ2v) is 5.12. The minimum atomic E-state index is 0.403. The van der Waals surface area contributed by atoms with Crippen molar-refractivity contribution >= 4 is 22.6 Å². The van der Waals surface area contributed by atoms with Crippen LogP contribution >= 0.6 is 22.6 Å². The van der Waals surface area contributed by atoms with Crippen LogP contribution in [0, 0.1) is 5.41 Å². The highest BCUT2D eigenvalue weighted by molar-refractivity contribution is 14.1. The predicted molar refractivity (Wildman–Crippen MR) is 60.4 cm³/mol. The molecule has 0 rings (SSSR count). The van der Waals surface area contributed by atoms with Gasteiger partial charge >= 0.3 is 0 Å². The van der Waals surface area contributed by atoms with E-state index in [1.807, 2.05) is 0 Å². The zero-order valence-corrected chi connectivity index (χ0v) is 10.2. The number of halogens is 1. The maximum absolute atomic E-state index is 3.37. The van der Waals surface area contributed by atoms with Crippen molar-refractivity contribution < 1.29 is 0 Å². The van der Waals surface area contributed by atoms with Crippen molar-refractivity contribution in [2.75, 3.05) is 11.5 Å². The van der Waals surface area contributed by atoms with Gasteiger partial charge in [-0.15, -0.1) is 0 Å². The standard InChI is InChI=1S/C9H20IN/c1-9(2,3)8(11-4)6-5-7-10/h8,11H,5-7H2,1-4H3. The Balaban J connectivity index is 3.76. The average Bonchev–Trinajstić information content (AvgIpc) is 1.87. The summed E-state index contributed by atoms with van der Waals surface area (Å²) < 4.78 is 1.27. The normalized spacial score (nSPS) is 15.0. The topological polar surface area (TPSA) is 12.0 Å². The zero-order chi connectivity index (χ0) is 8.91. The number of alkyl halides is 1. The summed E-state index contributed by atoms with van der Waals surface area (Å²) in [6.07, 6.45) is 2.62. The molecule has 0 bridgehead atoms. The Hall–Kier alpha value is 0.690. The van der Waals surface area contributed by atoms with E-state index in [-0.39, 0.29) is 0 Å². The monoisotopic (exact) mass is 269 g/mol. The van der Waals surface area contributed by atoms with Crippen LogP contribution in [0.5, 0.6) is 0 Å². The van der Waals surface area contributed by atoms with Crippen LogP contribution < -0.4 is 5.32 Å². The van der Waals surface area contributed by atoms with Gasteiger partial charge in [0.2, 0.25) is 0 Å². The molecule has 0 aliphatic heterocycles. The molecule has 1 atom stereocenters. The molecular weight excluding hydrogens is 249 g/mol. The molecule has 0 spiro atoms. The van der Waals surface area contributed by atoms with Gasteiger partial charge in [0.1, 0.15) is 0 Å². The van der Waals surface area contributed by atoms with Gasteiger partial charge in [-0.2, -0.15) is 0 Å². The quantitative estimate of drug-likeness (QED) is 0.611. The Bertz CT molecular complexity index is 96.2. The fourth-order valence-electron chi connectivity index (χ4n) is 1.29. The molecule has 11 heavy (non-hydrogen) atoms. The lowest BCUT2D eigenvalue weighted by Gasteiger charge is -2.30. The number of rotatable bonds is 4. The first-order valence-corrected chi connectivity index (χ1v) is 5.78. The molecule has 0 radical (unpaired) electrons. The van der Waals surface area contributed by atoms with Gasteiger partial charge in [-0.25, -0.2) is 0 Å². The summed E-state index contributed by atoms with van der Waals surface area (Å²) >= 11 is 2.44. The van der Waals surface area contributed by atoms with Gasteiger partial charge in [0.25, 0.3) is 0 Å². The maximum Gasteiger partial charge on any atom is 0.0113 e. The number of hydrogen-bond donors (Lipinski definition) is 1. The van der Waals surface area contributed by atoms with E-state index >= 15 is 0 Å². The number of nitrogens with one attached hydrogen (secondary N) is 1. The average molecular weight is 269 g/mol. The van der Waals surface area contributed by atoms with Crippen molar-refractivity contribution in [3.8, 4) is 0 Å². The molecule has 0 aliphatic carbocycles. The van der Waals surface area contributed by atoms with E-state index in [0.29, 0.717) is 11.5 Å². The van der Waals surface area contributed by atoms with Gasteiger partial charge < -0.3 is 5.32 Å². The van der Waals surface area contributed by atoms with E-state index in [9.17, 15) is 0 Å².